The highest BCUT2D eigenvalue weighted by Crippen LogP contribution is 2.57. The Bertz CT molecular complexity index is 202. The fourth-order valence-corrected chi connectivity index (χ4v) is 1.92. The first-order valence-electron chi connectivity index (χ1n) is 3.35. The third-order valence-electron chi connectivity index (χ3n) is 2.46. The molecule has 3 aliphatic rings. The summed E-state index contributed by atoms with van der Waals surface area (Å²) in [6.45, 7) is 0.00382. The first-order chi connectivity index (χ1) is 4.74. The Balaban J connectivity index is 2.15. The fourth-order valence-electron chi connectivity index (χ4n) is 1.92. The molecule has 54 valence electrons. The Morgan fingerprint density at radius 2 is 2.30 bits per heavy atom. The number of nitriles is 1. The molecule has 2 nitrogen and oxygen atoms in total. The van der Waals surface area contributed by atoms with Crippen LogP contribution >= 0.6 is 0 Å². The van der Waals surface area contributed by atoms with Crippen molar-refractivity contribution in [2.75, 3.05) is 13.3 Å². The van der Waals surface area contributed by atoms with E-state index in [0.717, 1.165) is 0 Å². The van der Waals surface area contributed by atoms with E-state index in [9.17, 15) is 4.39 Å². The van der Waals surface area contributed by atoms with Crippen LogP contribution in [0.1, 0.15) is 12.8 Å². The second-order valence-corrected chi connectivity index (χ2v) is 3.35. The average Bonchev–Trinajstić information content (AvgIpc) is 2.40. The van der Waals surface area contributed by atoms with Crippen molar-refractivity contribution < 1.29 is 9.13 Å². The molecule has 0 aromatic rings. The first-order valence-corrected chi connectivity index (χ1v) is 3.35. The normalized spacial score (nSPS) is 50.0. The lowest BCUT2D eigenvalue weighted by molar-refractivity contribution is -0.0260. The van der Waals surface area contributed by atoms with Crippen LogP contribution in [0.15, 0.2) is 0 Å². The van der Waals surface area contributed by atoms with Crippen molar-refractivity contribution in [3.63, 3.8) is 0 Å². The van der Waals surface area contributed by atoms with Gasteiger partial charge in [-0.25, -0.2) is 4.39 Å². The van der Waals surface area contributed by atoms with Crippen molar-refractivity contribution in [2.24, 2.45) is 5.41 Å². The zero-order valence-electron chi connectivity index (χ0n) is 5.56. The second kappa shape index (κ2) is 1.51. The molecule has 3 heteroatoms. The molecule has 1 aliphatic carbocycles. The summed E-state index contributed by atoms with van der Waals surface area (Å²) in [4.78, 5) is 0. The van der Waals surface area contributed by atoms with Crippen molar-refractivity contribution in [3.8, 4) is 6.07 Å². The zero-order chi connectivity index (χ0) is 7.24. The van der Waals surface area contributed by atoms with Crippen molar-refractivity contribution in [2.45, 2.75) is 18.4 Å². The van der Waals surface area contributed by atoms with Gasteiger partial charge in [-0.05, 0) is 12.8 Å². The van der Waals surface area contributed by atoms with Gasteiger partial charge in [0.25, 0.3) is 0 Å². The molecular weight excluding hydrogens is 133 g/mol. The van der Waals surface area contributed by atoms with Gasteiger partial charge in [-0.3, -0.25) is 0 Å². The quantitative estimate of drug-likeness (QED) is 0.546. The van der Waals surface area contributed by atoms with Crippen LogP contribution in [0, 0.1) is 16.7 Å². The summed E-state index contributed by atoms with van der Waals surface area (Å²) in [5, 5.41) is 8.62. The van der Waals surface area contributed by atoms with Crippen molar-refractivity contribution >= 4 is 0 Å². The molecule has 10 heavy (non-hydrogen) atoms. The number of hydrogen-bond donors (Lipinski definition) is 0. The molecule has 2 bridgehead atoms. The van der Waals surface area contributed by atoms with E-state index in [-0.39, 0.29) is 5.41 Å². The van der Waals surface area contributed by atoms with E-state index >= 15 is 0 Å². The Labute approximate surface area is 58.6 Å². The largest absolute Gasteiger partial charge is 0.370 e. The molecule has 0 unspecified atom stereocenters. The number of fused-ring (bicyclic) bond motifs is 1. The lowest BCUT2D eigenvalue weighted by Crippen LogP contribution is -2.44. The molecule has 2 heterocycles. The van der Waals surface area contributed by atoms with E-state index in [1.54, 1.807) is 0 Å². The van der Waals surface area contributed by atoms with Crippen LogP contribution in [0.3, 0.4) is 0 Å². The zero-order valence-corrected chi connectivity index (χ0v) is 5.56. The molecule has 3 rings (SSSR count). The van der Waals surface area contributed by atoms with Crippen LogP contribution in [-0.2, 0) is 4.74 Å². The molecule has 0 atom stereocenters. The first kappa shape index (κ1) is 6.11. The predicted octanol–water partition coefficient (Wildman–Crippen LogP) is 1.03. The Hall–Kier alpha value is -0.620. The van der Waals surface area contributed by atoms with Crippen molar-refractivity contribution in [1.29, 1.82) is 5.26 Å². The summed E-state index contributed by atoms with van der Waals surface area (Å²) in [6.07, 6.45) is 1.21. The van der Waals surface area contributed by atoms with E-state index in [0.29, 0.717) is 19.4 Å². The Morgan fingerprint density at radius 3 is 2.60 bits per heavy atom. The second-order valence-electron chi connectivity index (χ2n) is 3.35. The molecule has 0 N–H and O–H groups in total. The summed E-state index contributed by atoms with van der Waals surface area (Å²) < 4.78 is 17.4. The molecule has 0 aromatic heterocycles. The molecule has 3 fully saturated rings. The summed E-state index contributed by atoms with van der Waals surface area (Å²) in [5.41, 5.74) is -0.859. The SMILES string of the molecule is N#CC12COC(CF)(C1)C2. The van der Waals surface area contributed by atoms with Crippen molar-refractivity contribution in [3.05, 3.63) is 0 Å². The third kappa shape index (κ3) is 0.505. The van der Waals surface area contributed by atoms with Gasteiger partial charge >= 0.3 is 0 Å². The number of rotatable bonds is 1. The molecule has 0 aromatic carbocycles. The highest BCUT2D eigenvalue weighted by Gasteiger charge is 2.63. The molecule has 0 spiro atoms. The van der Waals surface area contributed by atoms with Gasteiger partial charge in [0, 0.05) is 0 Å². The van der Waals surface area contributed by atoms with Gasteiger partial charge in [0.15, 0.2) is 0 Å². The number of halogens is 1. The molecule has 0 radical (unpaired) electrons. The van der Waals surface area contributed by atoms with Crippen LogP contribution in [0.25, 0.3) is 0 Å². The monoisotopic (exact) mass is 141 g/mol. The van der Waals surface area contributed by atoms with E-state index in [4.69, 9.17) is 10.00 Å². The van der Waals surface area contributed by atoms with E-state index in [2.05, 4.69) is 6.07 Å². The van der Waals surface area contributed by atoms with Crippen LogP contribution < -0.4 is 0 Å². The van der Waals surface area contributed by atoms with Gasteiger partial charge in [-0.15, -0.1) is 0 Å². The van der Waals surface area contributed by atoms with Gasteiger partial charge in [-0.2, -0.15) is 5.26 Å². The standard InChI is InChI=1S/C7H8FNO/c8-3-7-1-6(2-7,4-9)5-10-7/h1-3,5H2. The Kier molecular flexibility index (Phi) is 0.924. The topological polar surface area (TPSA) is 33.0 Å². The maximum atomic E-state index is 12.2. The maximum Gasteiger partial charge on any atom is 0.118 e. The van der Waals surface area contributed by atoms with Crippen LogP contribution in [-0.4, -0.2) is 18.9 Å². The molecule has 2 aliphatic heterocycles. The fraction of sp³-hybridized carbons (Fsp3) is 0.857. The van der Waals surface area contributed by atoms with Gasteiger partial charge in [0.05, 0.1) is 23.7 Å². The number of nitrogens with zero attached hydrogens (tertiary/aromatic N) is 1. The average molecular weight is 141 g/mol. The van der Waals surface area contributed by atoms with Gasteiger partial charge in [-0.1, -0.05) is 0 Å². The molecular formula is C7H8FNO. The number of alkyl halides is 1. The smallest absolute Gasteiger partial charge is 0.118 e. The Morgan fingerprint density at radius 1 is 1.60 bits per heavy atom. The van der Waals surface area contributed by atoms with Crippen molar-refractivity contribution in [1.82, 2.24) is 0 Å². The molecule has 1 saturated carbocycles. The molecule has 0 amide bonds. The minimum absolute atomic E-state index is 0.313. The number of hydrogen-bond acceptors (Lipinski definition) is 2. The summed E-state index contributed by atoms with van der Waals surface area (Å²) in [7, 11) is 0. The lowest BCUT2D eigenvalue weighted by Gasteiger charge is -2.37. The van der Waals surface area contributed by atoms with Crippen LogP contribution in [0.2, 0.25) is 0 Å². The highest BCUT2D eigenvalue weighted by molar-refractivity contribution is 5.20. The number of ether oxygens (including phenoxy) is 1. The van der Waals surface area contributed by atoms with Gasteiger partial charge < -0.3 is 4.74 Å². The van der Waals surface area contributed by atoms with Crippen LogP contribution in [0.4, 0.5) is 4.39 Å². The van der Waals surface area contributed by atoms with E-state index in [1.807, 2.05) is 0 Å². The maximum absolute atomic E-state index is 12.2. The third-order valence-corrected chi connectivity index (χ3v) is 2.46. The highest BCUT2D eigenvalue weighted by atomic mass is 19.1. The minimum atomic E-state index is -0.546. The summed E-state index contributed by atoms with van der Waals surface area (Å²) in [6, 6.07) is 2.17. The lowest BCUT2D eigenvalue weighted by atomic mass is 9.64. The van der Waals surface area contributed by atoms with Gasteiger partial charge in [0.1, 0.15) is 6.67 Å². The summed E-state index contributed by atoms with van der Waals surface area (Å²) >= 11 is 0. The van der Waals surface area contributed by atoms with E-state index < -0.39 is 12.3 Å². The predicted molar refractivity (Wildman–Crippen MR) is 31.9 cm³/mol. The summed E-state index contributed by atoms with van der Waals surface area (Å²) in [5.74, 6) is 0. The minimum Gasteiger partial charge on any atom is -0.370 e. The van der Waals surface area contributed by atoms with E-state index in [1.165, 1.54) is 0 Å². The van der Waals surface area contributed by atoms with Crippen LogP contribution in [0.5, 0.6) is 0 Å². The molecule has 2 saturated heterocycles. The van der Waals surface area contributed by atoms with Gasteiger partial charge in [0.2, 0.25) is 0 Å².